The fourth-order valence-corrected chi connectivity index (χ4v) is 3.99. The highest BCUT2D eigenvalue weighted by Gasteiger charge is 2.50. The van der Waals surface area contributed by atoms with E-state index in [1.54, 1.807) is 0 Å². The Hall–Kier alpha value is -0.610. The van der Waals surface area contributed by atoms with E-state index in [2.05, 4.69) is 31.0 Å². The van der Waals surface area contributed by atoms with Gasteiger partial charge in [-0.1, -0.05) is 33.6 Å². The lowest BCUT2D eigenvalue weighted by Crippen LogP contribution is -2.64. The molecule has 0 aliphatic heterocycles. The summed E-state index contributed by atoms with van der Waals surface area (Å²) in [6, 6.07) is 0.642. The third-order valence-electron chi connectivity index (χ3n) is 5.10. The number of primary amides is 1. The number of nitrogens with zero attached hydrogens (tertiary/aromatic N) is 1. The van der Waals surface area contributed by atoms with Crippen LogP contribution in [0.1, 0.15) is 59.3 Å². The SMILES string of the molecule is CCNC(CN(CC(C)C)C1CCCC1)(C(N)=O)C1CC1. The van der Waals surface area contributed by atoms with Gasteiger partial charge in [-0.3, -0.25) is 9.69 Å². The number of nitrogens with two attached hydrogens (primary N) is 1. The van der Waals surface area contributed by atoms with Gasteiger partial charge in [0.2, 0.25) is 5.91 Å². The molecule has 21 heavy (non-hydrogen) atoms. The molecule has 1 amide bonds. The molecule has 2 aliphatic carbocycles. The highest BCUT2D eigenvalue weighted by atomic mass is 16.1. The molecule has 0 aromatic carbocycles. The maximum atomic E-state index is 12.3. The minimum absolute atomic E-state index is 0.154. The molecule has 2 fully saturated rings. The Labute approximate surface area is 129 Å². The summed E-state index contributed by atoms with van der Waals surface area (Å²) in [5.41, 5.74) is 5.34. The second kappa shape index (κ2) is 7.10. The predicted molar refractivity (Wildman–Crippen MR) is 87.0 cm³/mol. The van der Waals surface area contributed by atoms with Crippen LogP contribution in [0.2, 0.25) is 0 Å². The summed E-state index contributed by atoms with van der Waals surface area (Å²) in [5.74, 6) is 0.904. The van der Waals surface area contributed by atoms with E-state index < -0.39 is 5.54 Å². The summed E-state index contributed by atoms with van der Waals surface area (Å²) in [5, 5.41) is 3.47. The van der Waals surface area contributed by atoms with Gasteiger partial charge in [-0.05, 0) is 44.1 Å². The summed E-state index contributed by atoms with van der Waals surface area (Å²) in [4.78, 5) is 14.8. The Morgan fingerprint density at radius 3 is 2.33 bits per heavy atom. The molecule has 0 spiro atoms. The zero-order valence-electron chi connectivity index (χ0n) is 14.0. The Balaban J connectivity index is 2.15. The number of hydrogen-bond acceptors (Lipinski definition) is 3. The van der Waals surface area contributed by atoms with Crippen LogP contribution in [0.4, 0.5) is 0 Å². The molecule has 1 atom stereocenters. The Morgan fingerprint density at radius 1 is 1.29 bits per heavy atom. The van der Waals surface area contributed by atoms with E-state index in [1.165, 1.54) is 25.7 Å². The van der Waals surface area contributed by atoms with Crippen LogP contribution in [-0.4, -0.2) is 42.0 Å². The van der Waals surface area contributed by atoms with Gasteiger partial charge in [0, 0.05) is 19.1 Å². The van der Waals surface area contributed by atoms with Crippen LogP contribution in [0.15, 0.2) is 0 Å². The van der Waals surface area contributed by atoms with Gasteiger partial charge in [-0.2, -0.15) is 0 Å². The first-order valence-electron chi connectivity index (χ1n) is 8.78. The second-order valence-electron chi connectivity index (χ2n) is 7.40. The maximum absolute atomic E-state index is 12.3. The van der Waals surface area contributed by atoms with Crippen molar-refractivity contribution >= 4 is 5.91 Å². The van der Waals surface area contributed by atoms with Crippen LogP contribution in [-0.2, 0) is 4.79 Å². The molecule has 2 rings (SSSR count). The van der Waals surface area contributed by atoms with Crippen molar-refractivity contribution in [3.63, 3.8) is 0 Å². The highest BCUT2D eigenvalue weighted by molar-refractivity contribution is 5.86. The number of carbonyl (C=O) groups is 1. The number of likely N-dealkylation sites (N-methyl/N-ethyl adjacent to an activating group) is 1. The minimum atomic E-state index is -0.508. The lowest BCUT2D eigenvalue weighted by Gasteiger charge is -2.40. The lowest BCUT2D eigenvalue weighted by atomic mass is 9.90. The van der Waals surface area contributed by atoms with Gasteiger partial charge >= 0.3 is 0 Å². The number of amides is 1. The summed E-state index contributed by atoms with van der Waals surface area (Å²) < 4.78 is 0. The zero-order chi connectivity index (χ0) is 15.5. The quantitative estimate of drug-likeness (QED) is 0.685. The molecular formula is C17H33N3O. The van der Waals surface area contributed by atoms with E-state index in [-0.39, 0.29) is 5.91 Å². The van der Waals surface area contributed by atoms with Crippen molar-refractivity contribution in [2.75, 3.05) is 19.6 Å². The molecule has 0 bridgehead atoms. The van der Waals surface area contributed by atoms with Gasteiger partial charge in [0.25, 0.3) is 0 Å². The van der Waals surface area contributed by atoms with Crippen molar-refractivity contribution in [2.45, 2.75) is 70.9 Å². The molecule has 0 aromatic rings. The highest BCUT2D eigenvalue weighted by Crippen LogP contribution is 2.41. The first-order valence-corrected chi connectivity index (χ1v) is 8.78. The molecule has 0 aromatic heterocycles. The maximum Gasteiger partial charge on any atom is 0.239 e. The van der Waals surface area contributed by atoms with Crippen LogP contribution < -0.4 is 11.1 Å². The van der Waals surface area contributed by atoms with E-state index in [9.17, 15) is 4.79 Å². The average molecular weight is 295 g/mol. The van der Waals surface area contributed by atoms with E-state index in [4.69, 9.17) is 5.73 Å². The zero-order valence-corrected chi connectivity index (χ0v) is 14.0. The third kappa shape index (κ3) is 3.98. The molecule has 0 saturated heterocycles. The van der Waals surface area contributed by atoms with Crippen LogP contribution in [0.3, 0.4) is 0 Å². The summed E-state index contributed by atoms with van der Waals surface area (Å²) in [7, 11) is 0. The smallest absolute Gasteiger partial charge is 0.239 e. The number of rotatable bonds is 9. The largest absolute Gasteiger partial charge is 0.368 e. The Bertz CT molecular complexity index is 348. The van der Waals surface area contributed by atoms with E-state index in [0.717, 1.165) is 32.5 Å². The first kappa shape index (κ1) is 16.8. The van der Waals surface area contributed by atoms with Gasteiger partial charge in [-0.15, -0.1) is 0 Å². The van der Waals surface area contributed by atoms with E-state index in [1.807, 2.05) is 0 Å². The lowest BCUT2D eigenvalue weighted by molar-refractivity contribution is -0.126. The molecule has 4 nitrogen and oxygen atoms in total. The Morgan fingerprint density at radius 2 is 1.90 bits per heavy atom. The van der Waals surface area contributed by atoms with Gasteiger partial charge < -0.3 is 11.1 Å². The molecule has 2 saturated carbocycles. The van der Waals surface area contributed by atoms with E-state index in [0.29, 0.717) is 17.9 Å². The van der Waals surface area contributed by atoms with Crippen LogP contribution >= 0.6 is 0 Å². The topological polar surface area (TPSA) is 58.4 Å². The molecule has 122 valence electrons. The molecule has 0 radical (unpaired) electrons. The average Bonchev–Trinajstić information content (AvgIpc) is 3.12. The minimum Gasteiger partial charge on any atom is -0.368 e. The van der Waals surface area contributed by atoms with Crippen LogP contribution in [0.25, 0.3) is 0 Å². The molecule has 0 heterocycles. The third-order valence-corrected chi connectivity index (χ3v) is 5.10. The van der Waals surface area contributed by atoms with Crippen molar-refractivity contribution in [3.8, 4) is 0 Å². The van der Waals surface area contributed by atoms with Crippen molar-refractivity contribution in [1.82, 2.24) is 10.2 Å². The molecule has 4 heteroatoms. The summed E-state index contributed by atoms with van der Waals surface area (Å²) in [6.45, 7) is 9.26. The summed E-state index contributed by atoms with van der Waals surface area (Å²) in [6.07, 6.45) is 7.48. The fraction of sp³-hybridized carbons (Fsp3) is 0.941. The molecule has 2 aliphatic rings. The first-order chi connectivity index (χ1) is 9.99. The number of nitrogens with one attached hydrogen (secondary N) is 1. The standard InChI is InChI=1S/C17H33N3O/c1-4-19-17(16(18)21,14-9-10-14)12-20(11-13(2)3)15-7-5-6-8-15/h13-15,19H,4-12H2,1-3H3,(H2,18,21). The predicted octanol–water partition coefficient (Wildman–Crippen LogP) is 2.13. The van der Waals surface area contributed by atoms with Crippen molar-refractivity contribution in [2.24, 2.45) is 17.6 Å². The second-order valence-corrected chi connectivity index (χ2v) is 7.40. The monoisotopic (exact) mass is 295 g/mol. The van der Waals surface area contributed by atoms with Gasteiger partial charge in [0.1, 0.15) is 5.54 Å². The molecule has 1 unspecified atom stereocenters. The van der Waals surface area contributed by atoms with Crippen LogP contribution in [0.5, 0.6) is 0 Å². The number of hydrogen-bond donors (Lipinski definition) is 2. The normalized spacial score (nSPS) is 22.9. The molecule has 3 N–H and O–H groups in total. The van der Waals surface area contributed by atoms with Gasteiger partial charge in [-0.25, -0.2) is 0 Å². The van der Waals surface area contributed by atoms with Crippen molar-refractivity contribution < 1.29 is 4.79 Å². The summed E-state index contributed by atoms with van der Waals surface area (Å²) >= 11 is 0. The van der Waals surface area contributed by atoms with Crippen molar-refractivity contribution in [3.05, 3.63) is 0 Å². The fourth-order valence-electron chi connectivity index (χ4n) is 3.99. The van der Waals surface area contributed by atoms with Crippen molar-refractivity contribution in [1.29, 1.82) is 0 Å². The van der Waals surface area contributed by atoms with Gasteiger partial charge in [0.15, 0.2) is 0 Å². The molecular weight excluding hydrogens is 262 g/mol. The Kier molecular flexibility index (Phi) is 5.67. The van der Waals surface area contributed by atoms with Gasteiger partial charge in [0.05, 0.1) is 0 Å². The van der Waals surface area contributed by atoms with E-state index >= 15 is 0 Å². The number of carbonyl (C=O) groups excluding carboxylic acids is 1. The van der Waals surface area contributed by atoms with Crippen LogP contribution in [0, 0.1) is 11.8 Å².